The van der Waals surface area contributed by atoms with Crippen molar-refractivity contribution in [3.05, 3.63) is 71.8 Å². The zero-order valence-corrected chi connectivity index (χ0v) is 14.9. The van der Waals surface area contributed by atoms with Crippen molar-refractivity contribution in [1.29, 1.82) is 0 Å². The van der Waals surface area contributed by atoms with E-state index in [9.17, 15) is 4.79 Å². The van der Waals surface area contributed by atoms with Gasteiger partial charge in [0.1, 0.15) is 5.75 Å². The highest BCUT2D eigenvalue weighted by Gasteiger charge is 2.18. The third-order valence-electron chi connectivity index (χ3n) is 4.44. The van der Waals surface area contributed by atoms with Crippen LogP contribution in [0.25, 0.3) is 10.8 Å². The standard InChI is InChI=1S/C22H23NO2/c1-4-21(25-20-12-9-15(2)16(3)13-20)22(24)23-19-11-10-17-7-5-6-8-18(17)14-19/h5-14,21H,4H2,1-3H3,(H,23,24). The number of hydrogen-bond donors (Lipinski definition) is 1. The molecule has 1 unspecified atom stereocenters. The van der Waals surface area contributed by atoms with E-state index in [2.05, 4.69) is 18.3 Å². The number of benzene rings is 3. The molecule has 0 spiro atoms. The fourth-order valence-electron chi connectivity index (χ4n) is 2.76. The van der Waals surface area contributed by atoms with Crippen LogP contribution in [0, 0.1) is 13.8 Å². The Labute approximate surface area is 148 Å². The Morgan fingerprint density at radius 3 is 2.44 bits per heavy atom. The summed E-state index contributed by atoms with van der Waals surface area (Å²) in [6.07, 6.45) is 0.0837. The molecule has 3 heteroatoms. The van der Waals surface area contributed by atoms with Gasteiger partial charge in [0.15, 0.2) is 6.10 Å². The number of ether oxygens (including phenoxy) is 1. The maximum atomic E-state index is 12.6. The van der Waals surface area contributed by atoms with Gasteiger partial charge in [-0.25, -0.2) is 0 Å². The second-order valence-corrected chi connectivity index (χ2v) is 6.31. The van der Waals surface area contributed by atoms with Gasteiger partial charge in [-0.1, -0.05) is 43.3 Å². The van der Waals surface area contributed by atoms with Crippen LogP contribution in [0.1, 0.15) is 24.5 Å². The van der Waals surface area contributed by atoms with Crippen molar-refractivity contribution in [2.75, 3.05) is 5.32 Å². The van der Waals surface area contributed by atoms with E-state index in [1.807, 2.05) is 68.4 Å². The summed E-state index contributed by atoms with van der Waals surface area (Å²) in [5.41, 5.74) is 3.15. The topological polar surface area (TPSA) is 38.3 Å². The summed E-state index contributed by atoms with van der Waals surface area (Å²) in [5, 5.41) is 5.22. The van der Waals surface area contributed by atoms with E-state index in [1.54, 1.807) is 0 Å². The van der Waals surface area contributed by atoms with E-state index in [0.29, 0.717) is 6.42 Å². The van der Waals surface area contributed by atoms with Crippen molar-refractivity contribution in [1.82, 2.24) is 0 Å². The van der Waals surface area contributed by atoms with Crippen LogP contribution >= 0.6 is 0 Å². The molecule has 3 nitrogen and oxygen atoms in total. The average Bonchev–Trinajstić information content (AvgIpc) is 2.62. The molecule has 0 aliphatic heterocycles. The van der Waals surface area contributed by atoms with Crippen LogP contribution in [-0.2, 0) is 4.79 Å². The number of carbonyl (C=O) groups excluding carboxylic acids is 1. The summed E-state index contributed by atoms with van der Waals surface area (Å²) in [5.74, 6) is 0.597. The molecule has 3 aromatic rings. The molecule has 3 rings (SSSR count). The maximum absolute atomic E-state index is 12.6. The molecule has 0 aliphatic rings. The highest BCUT2D eigenvalue weighted by molar-refractivity contribution is 5.96. The minimum Gasteiger partial charge on any atom is -0.481 e. The Hall–Kier alpha value is -2.81. The average molecular weight is 333 g/mol. The molecule has 3 aromatic carbocycles. The largest absolute Gasteiger partial charge is 0.481 e. The summed E-state index contributed by atoms with van der Waals surface area (Å²) >= 11 is 0. The summed E-state index contributed by atoms with van der Waals surface area (Å²) in [6.45, 7) is 6.05. The molecule has 0 heterocycles. The third kappa shape index (κ3) is 4.00. The molecule has 1 N–H and O–H groups in total. The fourth-order valence-corrected chi connectivity index (χ4v) is 2.76. The Bertz CT molecular complexity index is 901. The van der Waals surface area contributed by atoms with Crippen molar-refractivity contribution in [2.24, 2.45) is 0 Å². The predicted molar refractivity (Wildman–Crippen MR) is 103 cm³/mol. The van der Waals surface area contributed by atoms with Gasteiger partial charge in [-0.2, -0.15) is 0 Å². The lowest BCUT2D eigenvalue weighted by atomic mass is 10.1. The monoisotopic (exact) mass is 333 g/mol. The van der Waals surface area contributed by atoms with Crippen molar-refractivity contribution >= 4 is 22.4 Å². The molecule has 25 heavy (non-hydrogen) atoms. The first-order valence-corrected chi connectivity index (χ1v) is 8.60. The molecule has 1 amide bonds. The van der Waals surface area contributed by atoms with Crippen molar-refractivity contribution < 1.29 is 9.53 Å². The van der Waals surface area contributed by atoms with Crippen LogP contribution < -0.4 is 10.1 Å². The number of carbonyl (C=O) groups is 1. The SMILES string of the molecule is CCC(Oc1ccc(C)c(C)c1)C(=O)Nc1ccc2ccccc2c1. The van der Waals surface area contributed by atoms with E-state index in [0.717, 1.165) is 27.8 Å². The van der Waals surface area contributed by atoms with Gasteiger partial charge < -0.3 is 10.1 Å². The van der Waals surface area contributed by atoms with Gasteiger partial charge in [-0.05, 0) is 66.4 Å². The van der Waals surface area contributed by atoms with Crippen LogP contribution in [-0.4, -0.2) is 12.0 Å². The quantitative estimate of drug-likeness (QED) is 0.692. The molecule has 0 saturated carbocycles. The molecule has 0 bridgehead atoms. The normalized spacial score (nSPS) is 12.0. The molecular weight excluding hydrogens is 310 g/mol. The first kappa shape index (κ1) is 17.0. The Morgan fingerprint density at radius 1 is 0.960 bits per heavy atom. The smallest absolute Gasteiger partial charge is 0.265 e. The van der Waals surface area contributed by atoms with Gasteiger partial charge in [0.05, 0.1) is 0 Å². The lowest BCUT2D eigenvalue weighted by Crippen LogP contribution is -2.32. The number of fused-ring (bicyclic) bond motifs is 1. The van der Waals surface area contributed by atoms with Crippen molar-refractivity contribution in [2.45, 2.75) is 33.3 Å². The van der Waals surface area contributed by atoms with E-state index >= 15 is 0 Å². The minimum absolute atomic E-state index is 0.129. The van der Waals surface area contributed by atoms with Crippen LogP contribution in [0.2, 0.25) is 0 Å². The second kappa shape index (κ2) is 7.39. The van der Waals surface area contributed by atoms with E-state index < -0.39 is 6.10 Å². The Morgan fingerprint density at radius 2 is 1.72 bits per heavy atom. The lowest BCUT2D eigenvalue weighted by molar-refractivity contribution is -0.122. The number of hydrogen-bond acceptors (Lipinski definition) is 2. The van der Waals surface area contributed by atoms with E-state index in [1.165, 1.54) is 5.56 Å². The molecule has 0 saturated heterocycles. The number of anilines is 1. The highest BCUT2D eigenvalue weighted by atomic mass is 16.5. The molecular formula is C22H23NO2. The predicted octanol–water partition coefficient (Wildman–Crippen LogP) is 5.25. The summed E-state index contributed by atoms with van der Waals surface area (Å²) in [6, 6.07) is 19.9. The number of nitrogens with one attached hydrogen (secondary N) is 1. The highest BCUT2D eigenvalue weighted by Crippen LogP contribution is 2.21. The molecule has 0 fully saturated rings. The Balaban J connectivity index is 1.73. The number of aryl methyl sites for hydroxylation is 2. The van der Waals surface area contributed by atoms with Gasteiger partial charge in [-0.3, -0.25) is 4.79 Å². The Kier molecular flexibility index (Phi) is 5.03. The number of rotatable bonds is 5. The van der Waals surface area contributed by atoms with Crippen molar-refractivity contribution in [3.63, 3.8) is 0 Å². The van der Waals surface area contributed by atoms with E-state index in [4.69, 9.17) is 4.74 Å². The van der Waals surface area contributed by atoms with Gasteiger partial charge in [0, 0.05) is 5.69 Å². The zero-order chi connectivity index (χ0) is 17.8. The maximum Gasteiger partial charge on any atom is 0.265 e. The first-order valence-electron chi connectivity index (χ1n) is 8.60. The van der Waals surface area contributed by atoms with Gasteiger partial charge in [-0.15, -0.1) is 0 Å². The molecule has 0 aromatic heterocycles. The third-order valence-corrected chi connectivity index (χ3v) is 4.44. The van der Waals surface area contributed by atoms with Gasteiger partial charge >= 0.3 is 0 Å². The summed E-state index contributed by atoms with van der Waals surface area (Å²) < 4.78 is 5.91. The first-order chi connectivity index (χ1) is 12.1. The van der Waals surface area contributed by atoms with Gasteiger partial charge in [0.25, 0.3) is 5.91 Å². The van der Waals surface area contributed by atoms with Crippen LogP contribution in [0.5, 0.6) is 5.75 Å². The second-order valence-electron chi connectivity index (χ2n) is 6.31. The lowest BCUT2D eigenvalue weighted by Gasteiger charge is -2.18. The molecule has 128 valence electrons. The van der Waals surface area contributed by atoms with Crippen LogP contribution in [0.4, 0.5) is 5.69 Å². The molecule has 1 atom stereocenters. The van der Waals surface area contributed by atoms with Crippen molar-refractivity contribution in [3.8, 4) is 5.75 Å². The van der Waals surface area contributed by atoms with Crippen LogP contribution in [0.3, 0.4) is 0 Å². The summed E-state index contributed by atoms with van der Waals surface area (Å²) in [4.78, 5) is 12.6. The zero-order valence-electron chi connectivity index (χ0n) is 14.9. The van der Waals surface area contributed by atoms with Crippen LogP contribution in [0.15, 0.2) is 60.7 Å². The fraction of sp³-hybridized carbons (Fsp3) is 0.227. The van der Waals surface area contributed by atoms with E-state index in [-0.39, 0.29) is 5.91 Å². The molecule has 0 aliphatic carbocycles. The number of amides is 1. The summed E-state index contributed by atoms with van der Waals surface area (Å²) in [7, 11) is 0. The molecule has 0 radical (unpaired) electrons. The minimum atomic E-state index is -0.520. The van der Waals surface area contributed by atoms with Gasteiger partial charge in [0.2, 0.25) is 0 Å².